The number of hydrogen-bond acceptors (Lipinski definition) is 6. The predicted octanol–water partition coefficient (Wildman–Crippen LogP) is 3.43. The summed E-state index contributed by atoms with van der Waals surface area (Å²) in [4.78, 5) is 21.7. The summed E-state index contributed by atoms with van der Waals surface area (Å²) >= 11 is 0. The molecule has 3 N–H and O–H groups in total. The average molecular weight is 396 g/mol. The Morgan fingerprint density at radius 3 is 2.57 bits per heavy atom. The first-order valence-electron chi connectivity index (χ1n) is 10.2. The SMILES string of the molecule is c1cc(-c2cncc3[nH]c(-c4n[nH]c5ccc(C6CCNCC6)nc45)nc23)ccn1. The fourth-order valence-electron chi connectivity index (χ4n) is 4.21. The molecule has 1 saturated heterocycles. The minimum atomic E-state index is 0.483. The zero-order valence-corrected chi connectivity index (χ0v) is 16.3. The number of aromatic amines is 2. The molecule has 5 aromatic heterocycles. The molecule has 0 aromatic carbocycles. The summed E-state index contributed by atoms with van der Waals surface area (Å²) in [5, 5.41) is 11.0. The molecule has 1 aliphatic rings. The summed E-state index contributed by atoms with van der Waals surface area (Å²) in [6.07, 6.45) is 9.39. The van der Waals surface area contributed by atoms with Crippen molar-refractivity contribution in [1.82, 2.24) is 40.4 Å². The van der Waals surface area contributed by atoms with Gasteiger partial charge in [-0.3, -0.25) is 15.1 Å². The van der Waals surface area contributed by atoms with Crippen LogP contribution in [-0.2, 0) is 0 Å². The Balaban J connectivity index is 1.47. The molecule has 0 unspecified atom stereocenters. The highest BCUT2D eigenvalue weighted by molar-refractivity contribution is 5.95. The number of H-pyrrole nitrogens is 2. The molecule has 0 aliphatic carbocycles. The minimum absolute atomic E-state index is 0.483. The van der Waals surface area contributed by atoms with Gasteiger partial charge in [0.2, 0.25) is 0 Å². The van der Waals surface area contributed by atoms with Gasteiger partial charge in [-0.1, -0.05) is 0 Å². The van der Waals surface area contributed by atoms with Crippen molar-refractivity contribution in [1.29, 1.82) is 0 Å². The topological polar surface area (TPSA) is 108 Å². The van der Waals surface area contributed by atoms with Crippen molar-refractivity contribution in [3.63, 3.8) is 0 Å². The van der Waals surface area contributed by atoms with Gasteiger partial charge in [0, 0.05) is 35.8 Å². The number of imidazole rings is 1. The lowest BCUT2D eigenvalue weighted by Gasteiger charge is -2.22. The molecule has 8 heteroatoms. The third kappa shape index (κ3) is 2.84. The van der Waals surface area contributed by atoms with E-state index in [0.717, 1.165) is 70.5 Å². The van der Waals surface area contributed by atoms with Gasteiger partial charge in [0.25, 0.3) is 0 Å². The standard InChI is InChI=1S/C22H20N8/c1-2-17-20(26-16(1)14-5-9-24-10-6-14)21(30-29-17)22-27-18-12-25-11-15(19(18)28-22)13-3-7-23-8-4-13/h1-4,7-8,11-12,14,24H,5-6,9-10H2,(H,27,28)(H,29,30). The zero-order chi connectivity index (χ0) is 19.9. The van der Waals surface area contributed by atoms with Crippen LogP contribution < -0.4 is 5.32 Å². The number of fused-ring (bicyclic) bond motifs is 2. The van der Waals surface area contributed by atoms with E-state index < -0.39 is 0 Å². The summed E-state index contributed by atoms with van der Waals surface area (Å²) < 4.78 is 0. The number of rotatable bonds is 3. The second-order valence-corrected chi connectivity index (χ2v) is 7.63. The average Bonchev–Trinajstić information content (AvgIpc) is 3.43. The van der Waals surface area contributed by atoms with E-state index in [1.54, 1.807) is 18.6 Å². The first kappa shape index (κ1) is 17.2. The molecule has 5 aromatic rings. The molecule has 0 atom stereocenters. The number of hydrogen-bond donors (Lipinski definition) is 3. The van der Waals surface area contributed by atoms with Crippen molar-refractivity contribution in [2.75, 3.05) is 13.1 Å². The van der Waals surface area contributed by atoms with E-state index in [1.165, 1.54) is 0 Å². The maximum Gasteiger partial charge on any atom is 0.161 e. The van der Waals surface area contributed by atoms with E-state index in [1.807, 2.05) is 18.3 Å². The Bertz CT molecular complexity index is 1330. The molecule has 6 rings (SSSR count). The summed E-state index contributed by atoms with van der Waals surface area (Å²) in [6.45, 7) is 2.08. The molecule has 0 spiro atoms. The monoisotopic (exact) mass is 396 g/mol. The van der Waals surface area contributed by atoms with Gasteiger partial charge in [-0.15, -0.1) is 0 Å². The summed E-state index contributed by atoms with van der Waals surface area (Å²) in [5.41, 5.74) is 7.33. The summed E-state index contributed by atoms with van der Waals surface area (Å²) in [5.74, 6) is 1.17. The highest BCUT2D eigenvalue weighted by Crippen LogP contribution is 2.31. The summed E-state index contributed by atoms with van der Waals surface area (Å²) in [7, 11) is 0. The number of nitrogens with one attached hydrogen (secondary N) is 3. The van der Waals surface area contributed by atoms with Gasteiger partial charge >= 0.3 is 0 Å². The van der Waals surface area contributed by atoms with Crippen molar-refractivity contribution < 1.29 is 0 Å². The number of pyridine rings is 3. The van der Waals surface area contributed by atoms with Crippen LogP contribution in [-0.4, -0.2) is 48.2 Å². The molecule has 0 amide bonds. The lowest BCUT2D eigenvalue weighted by molar-refractivity contribution is 0.454. The third-order valence-corrected chi connectivity index (χ3v) is 5.80. The smallest absolute Gasteiger partial charge is 0.161 e. The van der Waals surface area contributed by atoms with Gasteiger partial charge in [0.15, 0.2) is 11.5 Å². The first-order chi connectivity index (χ1) is 14.9. The van der Waals surface area contributed by atoms with E-state index in [-0.39, 0.29) is 0 Å². The fourth-order valence-corrected chi connectivity index (χ4v) is 4.21. The van der Waals surface area contributed by atoms with Gasteiger partial charge < -0.3 is 10.3 Å². The summed E-state index contributed by atoms with van der Waals surface area (Å²) in [6, 6.07) is 8.11. The second-order valence-electron chi connectivity index (χ2n) is 7.63. The quantitative estimate of drug-likeness (QED) is 0.431. The Kier molecular flexibility index (Phi) is 4.02. The largest absolute Gasteiger partial charge is 0.335 e. The van der Waals surface area contributed by atoms with E-state index in [2.05, 4.69) is 42.6 Å². The molecule has 8 nitrogen and oxygen atoms in total. The molecular formula is C22H20N8. The van der Waals surface area contributed by atoms with Gasteiger partial charge in [0.1, 0.15) is 5.52 Å². The molecule has 148 valence electrons. The molecular weight excluding hydrogens is 376 g/mol. The Hall–Kier alpha value is -3.65. The molecule has 0 saturated carbocycles. The van der Waals surface area contributed by atoms with Crippen LogP contribution in [0.15, 0.2) is 49.1 Å². The van der Waals surface area contributed by atoms with Gasteiger partial charge in [0.05, 0.1) is 22.7 Å². The lowest BCUT2D eigenvalue weighted by Crippen LogP contribution is -2.27. The number of aromatic nitrogens is 7. The van der Waals surface area contributed by atoms with Crippen molar-refractivity contribution in [2.24, 2.45) is 0 Å². The molecule has 30 heavy (non-hydrogen) atoms. The molecule has 1 fully saturated rings. The van der Waals surface area contributed by atoms with Gasteiger partial charge in [-0.2, -0.15) is 5.10 Å². The maximum absolute atomic E-state index is 4.98. The predicted molar refractivity (Wildman–Crippen MR) is 115 cm³/mol. The van der Waals surface area contributed by atoms with Crippen LogP contribution >= 0.6 is 0 Å². The van der Waals surface area contributed by atoms with E-state index >= 15 is 0 Å². The zero-order valence-electron chi connectivity index (χ0n) is 16.3. The minimum Gasteiger partial charge on any atom is -0.335 e. The normalized spacial score (nSPS) is 15.2. The Labute approximate surface area is 172 Å². The third-order valence-electron chi connectivity index (χ3n) is 5.80. The number of piperidine rings is 1. The first-order valence-corrected chi connectivity index (χ1v) is 10.2. The Morgan fingerprint density at radius 2 is 1.70 bits per heavy atom. The molecule has 0 radical (unpaired) electrons. The maximum atomic E-state index is 4.98. The second kappa shape index (κ2) is 7.00. The van der Waals surface area contributed by atoms with Crippen LogP contribution in [0.4, 0.5) is 0 Å². The van der Waals surface area contributed by atoms with Crippen LogP contribution in [0, 0.1) is 0 Å². The van der Waals surface area contributed by atoms with E-state index in [0.29, 0.717) is 11.7 Å². The lowest BCUT2D eigenvalue weighted by atomic mass is 9.94. The van der Waals surface area contributed by atoms with Crippen LogP contribution in [0.5, 0.6) is 0 Å². The van der Waals surface area contributed by atoms with Crippen molar-refractivity contribution in [3.05, 3.63) is 54.7 Å². The Morgan fingerprint density at radius 1 is 0.833 bits per heavy atom. The van der Waals surface area contributed by atoms with Gasteiger partial charge in [-0.25, -0.2) is 9.97 Å². The molecule has 0 bridgehead atoms. The fraction of sp³-hybridized carbons (Fsp3) is 0.227. The van der Waals surface area contributed by atoms with Crippen molar-refractivity contribution >= 4 is 22.1 Å². The van der Waals surface area contributed by atoms with Gasteiger partial charge in [-0.05, 0) is 55.8 Å². The van der Waals surface area contributed by atoms with Crippen LogP contribution in [0.25, 0.3) is 44.7 Å². The van der Waals surface area contributed by atoms with Crippen LogP contribution in [0.1, 0.15) is 24.5 Å². The molecule has 6 heterocycles. The highest BCUT2D eigenvalue weighted by atomic mass is 15.2. The van der Waals surface area contributed by atoms with Crippen LogP contribution in [0.2, 0.25) is 0 Å². The number of nitrogens with zero attached hydrogens (tertiary/aromatic N) is 5. The van der Waals surface area contributed by atoms with E-state index in [4.69, 9.17) is 9.97 Å². The van der Waals surface area contributed by atoms with E-state index in [9.17, 15) is 0 Å². The van der Waals surface area contributed by atoms with Crippen molar-refractivity contribution in [2.45, 2.75) is 18.8 Å². The van der Waals surface area contributed by atoms with Crippen LogP contribution in [0.3, 0.4) is 0 Å². The van der Waals surface area contributed by atoms with Crippen molar-refractivity contribution in [3.8, 4) is 22.6 Å². The highest BCUT2D eigenvalue weighted by Gasteiger charge is 2.20. The molecule has 1 aliphatic heterocycles.